The Kier molecular flexibility index (Phi) is 6.80. The van der Waals surface area contributed by atoms with Gasteiger partial charge in [-0.1, -0.05) is 72.3 Å². The summed E-state index contributed by atoms with van der Waals surface area (Å²) in [6.45, 7) is 1.69. The molecule has 0 heterocycles. The minimum Gasteiger partial charge on any atom is -0.384 e. The first-order valence-corrected chi connectivity index (χ1v) is 9.18. The minimum atomic E-state index is 0.450. The summed E-state index contributed by atoms with van der Waals surface area (Å²) in [5, 5.41) is 4.13. The summed E-state index contributed by atoms with van der Waals surface area (Å²) < 4.78 is 0. The lowest BCUT2D eigenvalue weighted by molar-refractivity contribution is 0.693. The van der Waals surface area contributed by atoms with Gasteiger partial charge in [0.15, 0.2) is 0 Å². The van der Waals surface area contributed by atoms with Gasteiger partial charge in [-0.3, -0.25) is 0 Å². The van der Waals surface area contributed by atoms with Crippen LogP contribution >= 0.6 is 11.6 Å². The van der Waals surface area contributed by atoms with Gasteiger partial charge in [-0.25, -0.2) is 4.99 Å². The zero-order valence-corrected chi connectivity index (χ0v) is 15.7. The highest BCUT2D eigenvalue weighted by molar-refractivity contribution is 6.30. The van der Waals surface area contributed by atoms with Crippen molar-refractivity contribution in [2.45, 2.75) is 13.1 Å². The van der Waals surface area contributed by atoms with Crippen LogP contribution in [0.3, 0.4) is 0 Å². The van der Waals surface area contributed by atoms with Crippen molar-refractivity contribution in [2.75, 3.05) is 0 Å². The van der Waals surface area contributed by atoms with Gasteiger partial charge in [0.1, 0.15) is 5.84 Å². The topological polar surface area (TPSA) is 50.4 Å². The van der Waals surface area contributed by atoms with E-state index in [-0.39, 0.29) is 0 Å². The van der Waals surface area contributed by atoms with Crippen LogP contribution in [-0.4, -0.2) is 5.84 Å². The molecule has 0 bridgehead atoms. The number of nitrogens with two attached hydrogens (primary N) is 1. The monoisotopic (exact) mass is 375 g/mol. The molecule has 136 valence electrons. The van der Waals surface area contributed by atoms with Gasteiger partial charge in [0.25, 0.3) is 0 Å². The van der Waals surface area contributed by atoms with E-state index in [2.05, 4.69) is 58.8 Å². The molecule has 0 radical (unpaired) electrons. The maximum Gasteiger partial charge on any atom is 0.124 e. The molecular weight excluding hydrogens is 354 g/mol. The van der Waals surface area contributed by atoms with Gasteiger partial charge in [0.05, 0.1) is 5.69 Å². The second-order valence-corrected chi connectivity index (χ2v) is 6.61. The van der Waals surface area contributed by atoms with Crippen LogP contribution in [0, 0.1) is 0 Å². The van der Waals surface area contributed by atoms with E-state index in [0.29, 0.717) is 10.9 Å². The zero-order chi connectivity index (χ0) is 18.9. The molecule has 3 aromatic carbocycles. The van der Waals surface area contributed by atoms with Gasteiger partial charge in [-0.15, -0.1) is 0 Å². The number of hydrogen-bond acceptors (Lipinski definition) is 2. The lowest BCUT2D eigenvalue weighted by atomic mass is 10.1. The Labute approximate surface area is 165 Å². The number of nitrogens with one attached hydrogen (secondary N) is 1. The number of aliphatic imine (C=N–C) groups is 1. The number of rotatable bonds is 7. The fraction of sp³-hybridized carbons (Fsp3) is 0.0870. The lowest BCUT2D eigenvalue weighted by Gasteiger charge is -2.05. The Balaban J connectivity index is 1.52. The molecule has 0 aliphatic heterocycles. The average molecular weight is 376 g/mol. The SMILES string of the molecule is NC(C=Cc1ccc(CNCc2ccccc2)cc1)=Nc1ccc(Cl)cc1. The molecule has 4 heteroatoms. The van der Waals surface area contributed by atoms with Gasteiger partial charge < -0.3 is 11.1 Å². The van der Waals surface area contributed by atoms with Crippen molar-refractivity contribution in [1.29, 1.82) is 0 Å². The molecule has 0 spiro atoms. The van der Waals surface area contributed by atoms with E-state index in [0.717, 1.165) is 24.3 Å². The third-order valence-electron chi connectivity index (χ3n) is 4.01. The van der Waals surface area contributed by atoms with Gasteiger partial charge in [-0.05, 0) is 47.0 Å². The van der Waals surface area contributed by atoms with E-state index in [9.17, 15) is 0 Å². The van der Waals surface area contributed by atoms with Crippen molar-refractivity contribution in [1.82, 2.24) is 5.32 Å². The summed E-state index contributed by atoms with van der Waals surface area (Å²) in [6.07, 6.45) is 3.76. The van der Waals surface area contributed by atoms with Gasteiger partial charge >= 0.3 is 0 Å². The summed E-state index contributed by atoms with van der Waals surface area (Å²) >= 11 is 5.87. The molecule has 0 aliphatic rings. The molecule has 0 atom stereocenters. The summed E-state index contributed by atoms with van der Waals surface area (Å²) in [5.41, 5.74) is 10.3. The van der Waals surface area contributed by atoms with Crippen LogP contribution in [-0.2, 0) is 13.1 Å². The maximum atomic E-state index is 5.96. The summed E-state index contributed by atoms with van der Waals surface area (Å²) in [7, 11) is 0. The van der Waals surface area contributed by atoms with Gasteiger partial charge in [0.2, 0.25) is 0 Å². The quantitative estimate of drug-likeness (QED) is 0.433. The fourth-order valence-corrected chi connectivity index (χ4v) is 2.70. The Bertz CT molecular complexity index is 899. The summed E-state index contributed by atoms with van der Waals surface area (Å²) in [6, 6.07) is 26.0. The molecule has 0 unspecified atom stereocenters. The molecule has 0 aliphatic carbocycles. The highest BCUT2D eigenvalue weighted by Crippen LogP contribution is 2.16. The number of benzene rings is 3. The third-order valence-corrected chi connectivity index (χ3v) is 4.26. The highest BCUT2D eigenvalue weighted by atomic mass is 35.5. The maximum absolute atomic E-state index is 5.96. The van der Waals surface area contributed by atoms with Crippen LogP contribution in [0.2, 0.25) is 5.02 Å². The largest absolute Gasteiger partial charge is 0.384 e. The van der Waals surface area contributed by atoms with Crippen LogP contribution in [0.5, 0.6) is 0 Å². The molecule has 0 saturated carbocycles. The number of hydrogen-bond donors (Lipinski definition) is 2. The van der Waals surface area contributed by atoms with E-state index in [1.807, 2.05) is 24.3 Å². The normalized spacial score (nSPS) is 11.8. The fourth-order valence-electron chi connectivity index (χ4n) is 2.58. The Morgan fingerprint density at radius 2 is 1.48 bits per heavy atom. The standard InChI is InChI=1S/C23H22ClN3/c24-21-11-13-22(14-12-21)27-23(25)15-10-18-6-8-20(9-7-18)17-26-16-19-4-2-1-3-5-19/h1-15,26H,16-17H2,(H2,25,27). The average Bonchev–Trinajstić information content (AvgIpc) is 2.70. The number of nitrogens with zero attached hydrogens (tertiary/aromatic N) is 1. The summed E-state index contributed by atoms with van der Waals surface area (Å²) in [4.78, 5) is 4.34. The molecule has 3 N–H and O–H groups in total. The first-order chi connectivity index (χ1) is 13.2. The van der Waals surface area contributed by atoms with E-state index < -0.39 is 0 Å². The first-order valence-electron chi connectivity index (χ1n) is 8.80. The molecule has 3 nitrogen and oxygen atoms in total. The van der Waals surface area contributed by atoms with Crippen molar-refractivity contribution in [3.63, 3.8) is 0 Å². The van der Waals surface area contributed by atoms with Crippen LogP contribution < -0.4 is 11.1 Å². The summed E-state index contributed by atoms with van der Waals surface area (Å²) in [5.74, 6) is 0.450. The first kappa shape index (κ1) is 18.9. The van der Waals surface area contributed by atoms with Crippen molar-refractivity contribution in [3.05, 3.63) is 107 Å². The third kappa shape index (κ3) is 6.41. The zero-order valence-electron chi connectivity index (χ0n) is 15.0. The molecule has 3 rings (SSSR count). The Morgan fingerprint density at radius 3 is 2.15 bits per heavy atom. The molecule has 3 aromatic rings. The molecule has 27 heavy (non-hydrogen) atoms. The van der Waals surface area contributed by atoms with Crippen LogP contribution in [0.25, 0.3) is 6.08 Å². The van der Waals surface area contributed by atoms with Crippen LogP contribution in [0.15, 0.2) is 89.9 Å². The molecule has 0 amide bonds. The molecule has 0 fully saturated rings. The van der Waals surface area contributed by atoms with Gasteiger partial charge in [-0.2, -0.15) is 0 Å². The number of halogens is 1. The second-order valence-electron chi connectivity index (χ2n) is 6.18. The van der Waals surface area contributed by atoms with Crippen molar-refractivity contribution in [2.24, 2.45) is 10.7 Å². The molecule has 0 aromatic heterocycles. The van der Waals surface area contributed by atoms with E-state index >= 15 is 0 Å². The van der Waals surface area contributed by atoms with Crippen LogP contribution in [0.1, 0.15) is 16.7 Å². The Hall–Kier alpha value is -2.88. The van der Waals surface area contributed by atoms with Crippen molar-refractivity contribution in [3.8, 4) is 0 Å². The minimum absolute atomic E-state index is 0.450. The van der Waals surface area contributed by atoms with Crippen molar-refractivity contribution < 1.29 is 0 Å². The lowest BCUT2D eigenvalue weighted by Crippen LogP contribution is -2.12. The van der Waals surface area contributed by atoms with Crippen molar-refractivity contribution >= 4 is 29.2 Å². The van der Waals surface area contributed by atoms with Gasteiger partial charge in [0, 0.05) is 18.1 Å². The second kappa shape index (κ2) is 9.72. The van der Waals surface area contributed by atoms with E-state index in [4.69, 9.17) is 17.3 Å². The van der Waals surface area contributed by atoms with Crippen LogP contribution in [0.4, 0.5) is 5.69 Å². The Morgan fingerprint density at radius 1 is 0.852 bits per heavy atom. The predicted octanol–water partition coefficient (Wildman–Crippen LogP) is 5.33. The van der Waals surface area contributed by atoms with E-state index in [1.54, 1.807) is 18.2 Å². The smallest absolute Gasteiger partial charge is 0.124 e. The molecule has 0 saturated heterocycles. The molecular formula is C23H22ClN3. The highest BCUT2D eigenvalue weighted by Gasteiger charge is 1.95. The number of amidine groups is 1. The predicted molar refractivity (Wildman–Crippen MR) is 115 cm³/mol. The van der Waals surface area contributed by atoms with E-state index in [1.165, 1.54) is 11.1 Å².